The Morgan fingerprint density at radius 3 is 2.74 bits per heavy atom. The Bertz CT molecular complexity index is 840. The van der Waals surface area contributed by atoms with Crippen LogP contribution in [0.1, 0.15) is 27.9 Å². The van der Waals surface area contributed by atoms with Crippen LogP contribution in [0, 0.1) is 0 Å². The van der Waals surface area contributed by atoms with Crippen molar-refractivity contribution in [2.75, 3.05) is 0 Å². The van der Waals surface area contributed by atoms with Gasteiger partial charge in [-0.15, -0.1) is 12.4 Å². The highest BCUT2D eigenvalue weighted by Gasteiger charge is 2.19. The van der Waals surface area contributed by atoms with E-state index in [0.717, 1.165) is 12.0 Å². The number of aromatic nitrogens is 2. The molecule has 1 heterocycles. The van der Waals surface area contributed by atoms with Gasteiger partial charge < -0.3 is 4.57 Å². The average molecular weight is 325 g/mol. The van der Waals surface area contributed by atoms with Crippen LogP contribution < -0.4 is 0 Å². The lowest BCUT2D eigenvalue weighted by Gasteiger charge is -2.05. The van der Waals surface area contributed by atoms with E-state index in [-0.39, 0.29) is 18.2 Å². The van der Waals surface area contributed by atoms with E-state index in [1.54, 1.807) is 12.5 Å². The Morgan fingerprint density at radius 1 is 1.09 bits per heavy atom. The molecule has 4 rings (SSSR count). The number of carbonyl (C=O) groups is 1. The Hall–Kier alpha value is -2.39. The molecule has 23 heavy (non-hydrogen) atoms. The summed E-state index contributed by atoms with van der Waals surface area (Å²) in [5, 5.41) is 0. The van der Waals surface area contributed by atoms with E-state index >= 15 is 0 Å². The lowest BCUT2D eigenvalue weighted by atomic mass is 10.0. The van der Waals surface area contributed by atoms with Crippen LogP contribution in [-0.2, 0) is 13.0 Å². The van der Waals surface area contributed by atoms with Crippen molar-refractivity contribution in [2.45, 2.75) is 19.4 Å². The maximum atomic E-state index is 12.4. The molecule has 0 aliphatic heterocycles. The van der Waals surface area contributed by atoms with E-state index in [0.29, 0.717) is 13.0 Å². The molecular formula is C19H17ClN2O. The van der Waals surface area contributed by atoms with Crippen molar-refractivity contribution in [1.29, 1.82) is 0 Å². The van der Waals surface area contributed by atoms with E-state index in [1.165, 1.54) is 22.3 Å². The van der Waals surface area contributed by atoms with Crippen molar-refractivity contribution in [3.8, 4) is 11.1 Å². The molecule has 1 aromatic heterocycles. The second-order valence-electron chi connectivity index (χ2n) is 5.68. The first-order valence-corrected chi connectivity index (χ1v) is 7.51. The highest BCUT2D eigenvalue weighted by atomic mass is 35.5. The number of imidazole rings is 1. The van der Waals surface area contributed by atoms with Gasteiger partial charge in [-0.1, -0.05) is 36.4 Å². The summed E-state index contributed by atoms with van der Waals surface area (Å²) in [6.07, 6.45) is 6.78. The van der Waals surface area contributed by atoms with Gasteiger partial charge in [-0.05, 0) is 34.7 Å². The Balaban J connectivity index is 0.00000156. The third-order valence-electron chi connectivity index (χ3n) is 4.27. The number of nitrogens with zero attached hydrogens (tertiary/aromatic N) is 2. The van der Waals surface area contributed by atoms with Crippen molar-refractivity contribution in [2.24, 2.45) is 0 Å². The summed E-state index contributed by atoms with van der Waals surface area (Å²) in [6.45, 7) is 0.677. The van der Waals surface area contributed by atoms with Gasteiger partial charge >= 0.3 is 0 Å². The molecule has 4 heteroatoms. The van der Waals surface area contributed by atoms with Gasteiger partial charge in [0.1, 0.15) is 0 Å². The SMILES string of the molecule is Cl.O=C(CCn1ccnc1)c1ccc2c(c1)Cc1ccccc1-2. The summed E-state index contributed by atoms with van der Waals surface area (Å²) in [5.74, 6) is 0.187. The number of hydrogen-bond acceptors (Lipinski definition) is 2. The van der Waals surface area contributed by atoms with E-state index in [4.69, 9.17) is 0 Å². The highest BCUT2D eigenvalue weighted by Crippen LogP contribution is 2.36. The lowest BCUT2D eigenvalue weighted by Crippen LogP contribution is -2.05. The predicted molar refractivity (Wildman–Crippen MR) is 93.1 cm³/mol. The molecule has 0 N–H and O–H groups in total. The summed E-state index contributed by atoms with van der Waals surface area (Å²) < 4.78 is 1.93. The van der Waals surface area contributed by atoms with Crippen molar-refractivity contribution in [3.05, 3.63) is 77.9 Å². The van der Waals surface area contributed by atoms with Gasteiger partial charge in [-0.25, -0.2) is 4.98 Å². The fraction of sp³-hybridized carbons (Fsp3) is 0.158. The minimum absolute atomic E-state index is 0. The van der Waals surface area contributed by atoms with E-state index < -0.39 is 0 Å². The molecule has 0 saturated heterocycles. The predicted octanol–water partition coefficient (Wildman–Crippen LogP) is 4.15. The van der Waals surface area contributed by atoms with Crippen LogP contribution in [0.3, 0.4) is 0 Å². The molecule has 0 bridgehead atoms. The van der Waals surface area contributed by atoms with Crippen LogP contribution in [0.25, 0.3) is 11.1 Å². The third kappa shape index (κ3) is 2.92. The molecule has 0 atom stereocenters. The molecule has 0 amide bonds. The van der Waals surface area contributed by atoms with Crippen LogP contribution in [0.2, 0.25) is 0 Å². The van der Waals surface area contributed by atoms with Gasteiger partial charge in [0.15, 0.2) is 5.78 Å². The lowest BCUT2D eigenvalue weighted by molar-refractivity contribution is 0.0977. The second kappa shape index (κ2) is 6.39. The van der Waals surface area contributed by atoms with Crippen molar-refractivity contribution in [3.63, 3.8) is 0 Å². The third-order valence-corrected chi connectivity index (χ3v) is 4.27. The number of aryl methyl sites for hydroxylation is 1. The van der Waals surface area contributed by atoms with Gasteiger partial charge in [-0.3, -0.25) is 4.79 Å². The molecule has 0 radical (unpaired) electrons. The summed E-state index contributed by atoms with van der Waals surface area (Å²) in [4.78, 5) is 16.4. The van der Waals surface area contributed by atoms with E-state index in [2.05, 4.69) is 41.4 Å². The zero-order chi connectivity index (χ0) is 14.9. The minimum atomic E-state index is 0. The molecule has 0 spiro atoms. The largest absolute Gasteiger partial charge is 0.337 e. The quantitative estimate of drug-likeness (QED) is 0.529. The van der Waals surface area contributed by atoms with Crippen molar-refractivity contribution in [1.82, 2.24) is 9.55 Å². The summed E-state index contributed by atoms with van der Waals surface area (Å²) in [6, 6.07) is 14.6. The molecule has 1 aliphatic carbocycles. The smallest absolute Gasteiger partial charge is 0.164 e. The van der Waals surface area contributed by atoms with Gasteiger partial charge in [-0.2, -0.15) is 0 Å². The summed E-state index contributed by atoms with van der Waals surface area (Å²) in [5.41, 5.74) is 5.98. The molecular weight excluding hydrogens is 308 g/mol. The molecule has 116 valence electrons. The first-order chi connectivity index (χ1) is 10.8. The normalized spacial score (nSPS) is 11.5. The highest BCUT2D eigenvalue weighted by molar-refractivity contribution is 5.97. The first kappa shape index (κ1) is 15.5. The molecule has 3 aromatic rings. The molecule has 2 aromatic carbocycles. The molecule has 3 nitrogen and oxygen atoms in total. The minimum Gasteiger partial charge on any atom is -0.337 e. The maximum Gasteiger partial charge on any atom is 0.164 e. The zero-order valence-electron chi connectivity index (χ0n) is 12.6. The zero-order valence-corrected chi connectivity index (χ0v) is 13.4. The topological polar surface area (TPSA) is 34.9 Å². The second-order valence-corrected chi connectivity index (χ2v) is 5.68. The number of ketones is 1. The van der Waals surface area contributed by atoms with Crippen LogP contribution in [0.4, 0.5) is 0 Å². The Labute approximate surface area is 141 Å². The van der Waals surface area contributed by atoms with Crippen LogP contribution in [0.15, 0.2) is 61.2 Å². The summed E-state index contributed by atoms with van der Waals surface area (Å²) >= 11 is 0. The van der Waals surface area contributed by atoms with Crippen LogP contribution in [0.5, 0.6) is 0 Å². The molecule has 0 saturated carbocycles. The monoisotopic (exact) mass is 324 g/mol. The van der Waals surface area contributed by atoms with Crippen molar-refractivity contribution >= 4 is 18.2 Å². The van der Waals surface area contributed by atoms with Gasteiger partial charge in [0, 0.05) is 30.9 Å². The van der Waals surface area contributed by atoms with Crippen LogP contribution >= 0.6 is 12.4 Å². The first-order valence-electron chi connectivity index (χ1n) is 7.51. The van der Waals surface area contributed by atoms with E-state index in [1.807, 2.05) is 16.8 Å². The number of fused-ring (bicyclic) bond motifs is 3. The van der Waals surface area contributed by atoms with Crippen LogP contribution in [-0.4, -0.2) is 15.3 Å². The fourth-order valence-electron chi connectivity index (χ4n) is 3.11. The number of halogens is 1. The Morgan fingerprint density at radius 2 is 1.91 bits per heavy atom. The number of hydrogen-bond donors (Lipinski definition) is 0. The molecule has 0 fully saturated rings. The van der Waals surface area contributed by atoms with Gasteiger partial charge in [0.2, 0.25) is 0 Å². The van der Waals surface area contributed by atoms with E-state index in [9.17, 15) is 4.79 Å². The average Bonchev–Trinajstić information content (AvgIpc) is 3.19. The Kier molecular flexibility index (Phi) is 4.30. The molecule has 1 aliphatic rings. The number of rotatable bonds is 4. The van der Waals surface area contributed by atoms with Gasteiger partial charge in [0.25, 0.3) is 0 Å². The van der Waals surface area contributed by atoms with Gasteiger partial charge in [0.05, 0.1) is 6.33 Å². The number of Topliss-reactive ketones (excluding diaryl/α,β-unsaturated/α-hetero) is 1. The fourth-order valence-corrected chi connectivity index (χ4v) is 3.11. The maximum absolute atomic E-state index is 12.4. The van der Waals surface area contributed by atoms with Crippen molar-refractivity contribution < 1.29 is 4.79 Å². The number of carbonyl (C=O) groups excluding carboxylic acids is 1. The molecule has 0 unspecified atom stereocenters. The number of benzene rings is 2. The summed E-state index contributed by atoms with van der Waals surface area (Å²) in [7, 11) is 0. The standard InChI is InChI=1S/C19H16N2O.ClH/c22-19(7-9-21-10-8-20-13-21)15-5-6-18-16(12-15)11-14-3-1-2-4-17(14)18;/h1-6,8,10,12-13H,7,9,11H2;1H.